The van der Waals surface area contributed by atoms with Gasteiger partial charge in [0.15, 0.2) is 0 Å². The number of ether oxygens (including phenoxy) is 4. The van der Waals surface area contributed by atoms with E-state index in [4.69, 9.17) is 18.9 Å². The van der Waals surface area contributed by atoms with Crippen LogP contribution in [0.2, 0.25) is 0 Å². The summed E-state index contributed by atoms with van der Waals surface area (Å²) in [6.45, 7) is 1.07. The van der Waals surface area contributed by atoms with Crippen LogP contribution in [0.1, 0.15) is 22.3 Å². The molecule has 0 unspecified atom stereocenters. The minimum absolute atomic E-state index is 0.203. The maximum atomic E-state index is 14.5. The fraction of sp³-hybridized carbons (Fsp3) is 0.571. The van der Waals surface area contributed by atoms with Crippen LogP contribution >= 0.6 is 0 Å². The first-order chi connectivity index (χ1) is 9.19. The monoisotopic (exact) mass is 272 g/mol. The zero-order chi connectivity index (χ0) is 14.3. The van der Waals surface area contributed by atoms with Crippen molar-refractivity contribution in [3.63, 3.8) is 0 Å². The van der Waals surface area contributed by atoms with Crippen LogP contribution in [0.15, 0.2) is 6.07 Å². The van der Waals surface area contributed by atoms with Gasteiger partial charge < -0.3 is 18.9 Å². The van der Waals surface area contributed by atoms with Crippen molar-refractivity contribution in [3.05, 3.63) is 34.1 Å². The Morgan fingerprint density at radius 3 is 1.42 bits per heavy atom. The molecular formula is C14H21FO4. The Morgan fingerprint density at radius 1 is 0.737 bits per heavy atom. The molecule has 0 atom stereocenters. The van der Waals surface area contributed by atoms with E-state index in [2.05, 4.69) is 0 Å². The minimum atomic E-state index is -0.301. The molecule has 1 aromatic rings. The molecule has 0 saturated heterocycles. The van der Waals surface area contributed by atoms with Gasteiger partial charge in [-0.2, -0.15) is 0 Å². The fourth-order valence-electron chi connectivity index (χ4n) is 2.02. The first-order valence-electron chi connectivity index (χ1n) is 5.97. The van der Waals surface area contributed by atoms with E-state index in [-0.39, 0.29) is 19.0 Å². The summed E-state index contributed by atoms with van der Waals surface area (Å²) in [6, 6.07) is 1.89. The molecule has 0 amide bonds. The Labute approximate surface area is 113 Å². The molecule has 0 saturated carbocycles. The molecule has 0 aromatic heterocycles. The van der Waals surface area contributed by atoms with Gasteiger partial charge in [-0.25, -0.2) is 4.39 Å². The van der Waals surface area contributed by atoms with Crippen LogP contribution in [0.3, 0.4) is 0 Å². The van der Waals surface area contributed by atoms with Gasteiger partial charge in [-0.05, 0) is 11.1 Å². The summed E-state index contributed by atoms with van der Waals surface area (Å²) in [6.07, 6.45) is 0. The second-order valence-corrected chi connectivity index (χ2v) is 4.20. The summed E-state index contributed by atoms with van der Waals surface area (Å²) in [5.41, 5.74) is 2.56. The van der Waals surface area contributed by atoms with Crippen LogP contribution in [0.25, 0.3) is 0 Å². The van der Waals surface area contributed by atoms with E-state index in [0.29, 0.717) is 24.3 Å². The smallest absolute Gasteiger partial charge is 0.134 e. The highest BCUT2D eigenvalue weighted by Crippen LogP contribution is 2.25. The van der Waals surface area contributed by atoms with E-state index in [1.165, 1.54) is 14.2 Å². The second-order valence-electron chi connectivity index (χ2n) is 4.20. The van der Waals surface area contributed by atoms with Crippen molar-refractivity contribution in [3.8, 4) is 0 Å². The molecule has 19 heavy (non-hydrogen) atoms. The van der Waals surface area contributed by atoms with Crippen molar-refractivity contribution in [2.24, 2.45) is 0 Å². The van der Waals surface area contributed by atoms with Crippen molar-refractivity contribution >= 4 is 0 Å². The molecule has 0 fully saturated rings. The van der Waals surface area contributed by atoms with Gasteiger partial charge in [0, 0.05) is 39.6 Å². The average Bonchev–Trinajstić information content (AvgIpc) is 2.39. The summed E-state index contributed by atoms with van der Waals surface area (Å²) < 4.78 is 34.9. The summed E-state index contributed by atoms with van der Waals surface area (Å²) in [4.78, 5) is 0. The number of halogens is 1. The lowest BCUT2D eigenvalue weighted by Gasteiger charge is -2.17. The molecule has 0 N–H and O–H groups in total. The third kappa shape index (κ3) is 3.98. The quantitative estimate of drug-likeness (QED) is 0.728. The highest BCUT2D eigenvalue weighted by atomic mass is 19.1. The molecule has 0 spiro atoms. The molecule has 1 rings (SSSR count). The summed E-state index contributed by atoms with van der Waals surface area (Å²) in [5.74, 6) is -0.301. The lowest BCUT2D eigenvalue weighted by Crippen LogP contribution is -2.10. The highest BCUT2D eigenvalue weighted by Gasteiger charge is 2.18. The number of hydrogen-bond acceptors (Lipinski definition) is 4. The molecule has 0 aliphatic heterocycles. The van der Waals surface area contributed by atoms with Crippen LogP contribution in [0.4, 0.5) is 4.39 Å². The van der Waals surface area contributed by atoms with Crippen molar-refractivity contribution < 1.29 is 23.3 Å². The van der Waals surface area contributed by atoms with Crippen LogP contribution in [-0.4, -0.2) is 28.4 Å². The first kappa shape index (κ1) is 16.0. The van der Waals surface area contributed by atoms with Crippen molar-refractivity contribution in [2.45, 2.75) is 26.4 Å². The van der Waals surface area contributed by atoms with Gasteiger partial charge >= 0.3 is 0 Å². The molecule has 0 heterocycles. The van der Waals surface area contributed by atoms with Gasteiger partial charge in [-0.15, -0.1) is 0 Å². The molecule has 0 aliphatic carbocycles. The maximum Gasteiger partial charge on any atom is 0.134 e. The van der Waals surface area contributed by atoms with Gasteiger partial charge in [-0.1, -0.05) is 6.07 Å². The number of hydrogen-bond donors (Lipinski definition) is 0. The lowest BCUT2D eigenvalue weighted by atomic mass is 9.98. The standard InChI is InChI=1S/C14H21FO4/c1-16-6-10-5-11(7-17-2)13(9-19-4)14(15)12(10)8-18-3/h5H,6-9H2,1-4H3. The molecule has 0 bridgehead atoms. The van der Waals surface area contributed by atoms with E-state index in [1.807, 2.05) is 6.07 Å². The molecule has 5 heteroatoms. The van der Waals surface area contributed by atoms with E-state index >= 15 is 0 Å². The van der Waals surface area contributed by atoms with Crippen molar-refractivity contribution in [2.75, 3.05) is 28.4 Å². The van der Waals surface area contributed by atoms with Crippen LogP contribution in [-0.2, 0) is 45.4 Å². The predicted octanol–water partition coefficient (Wildman–Crippen LogP) is 2.41. The first-order valence-corrected chi connectivity index (χ1v) is 5.97. The predicted molar refractivity (Wildman–Crippen MR) is 69.3 cm³/mol. The Bertz CT molecular complexity index is 373. The van der Waals surface area contributed by atoms with Gasteiger partial charge in [0.2, 0.25) is 0 Å². The Balaban J connectivity index is 3.31. The highest BCUT2D eigenvalue weighted by molar-refractivity contribution is 5.39. The van der Waals surface area contributed by atoms with Gasteiger partial charge in [0.1, 0.15) is 5.82 Å². The third-order valence-electron chi connectivity index (χ3n) is 2.83. The zero-order valence-corrected chi connectivity index (χ0v) is 11.9. The van der Waals surface area contributed by atoms with Crippen molar-refractivity contribution in [1.29, 1.82) is 0 Å². The van der Waals surface area contributed by atoms with Crippen molar-refractivity contribution in [1.82, 2.24) is 0 Å². The van der Waals surface area contributed by atoms with Crippen LogP contribution in [0.5, 0.6) is 0 Å². The Hall–Kier alpha value is -1.01. The fourth-order valence-corrected chi connectivity index (χ4v) is 2.02. The molecule has 0 aliphatic rings. The van der Waals surface area contributed by atoms with E-state index in [9.17, 15) is 4.39 Å². The van der Waals surface area contributed by atoms with E-state index in [1.54, 1.807) is 14.2 Å². The lowest BCUT2D eigenvalue weighted by molar-refractivity contribution is 0.155. The minimum Gasteiger partial charge on any atom is -0.380 e. The summed E-state index contributed by atoms with van der Waals surface area (Å²) >= 11 is 0. The summed E-state index contributed by atoms with van der Waals surface area (Å²) in [7, 11) is 6.23. The number of rotatable bonds is 8. The van der Waals surface area contributed by atoms with Crippen LogP contribution in [0, 0.1) is 5.82 Å². The normalized spacial score (nSPS) is 11.0. The second kappa shape index (κ2) is 8.22. The van der Waals surface area contributed by atoms with Gasteiger partial charge in [-0.3, -0.25) is 0 Å². The molecule has 108 valence electrons. The molecular weight excluding hydrogens is 251 g/mol. The molecule has 1 aromatic carbocycles. The summed E-state index contributed by atoms with van der Waals surface area (Å²) in [5, 5.41) is 0. The van der Waals surface area contributed by atoms with Gasteiger partial charge in [0.05, 0.1) is 26.4 Å². The maximum absolute atomic E-state index is 14.5. The van der Waals surface area contributed by atoms with E-state index in [0.717, 1.165) is 11.1 Å². The number of benzene rings is 1. The average molecular weight is 272 g/mol. The van der Waals surface area contributed by atoms with Crippen LogP contribution < -0.4 is 0 Å². The number of methoxy groups -OCH3 is 4. The topological polar surface area (TPSA) is 36.9 Å². The SMILES string of the molecule is COCc1cc(COC)c(COC)c(F)c1COC. The van der Waals surface area contributed by atoms with E-state index < -0.39 is 0 Å². The Morgan fingerprint density at radius 2 is 1.11 bits per heavy atom. The third-order valence-corrected chi connectivity index (χ3v) is 2.83. The molecule has 0 radical (unpaired) electrons. The van der Waals surface area contributed by atoms with Gasteiger partial charge in [0.25, 0.3) is 0 Å². The Kier molecular flexibility index (Phi) is 6.94. The molecule has 4 nitrogen and oxygen atoms in total. The largest absolute Gasteiger partial charge is 0.380 e. The zero-order valence-electron chi connectivity index (χ0n) is 11.9.